The van der Waals surface area contributed by atoms with Crippen LogP contribution < -0.4 is 5.32 Å². The highest BCUT2D eigenvalue weighted by Gasteiger charge is 2.39. The molecule has 7 heteroatoms. The Labute approximate surface area is 220 Å². The number of aliphatic hydroxyl groups excluding tert-OH is 3. The van der Waals surface area contributed by atoms with Crippen LogP contribution in [0.4, 0.5) is 0 Å². The number of aromatic amines is 1. The van der Waals surface area contributed by atoms with Gasteiger partial charge in [0.05, 0.1) is 18.3 Å². The summed E-state index contributed by atoms with van der Waals surface area (Å²) in [6.07, 6.45) is 15.6. The third kappa shape index (κ3) is 9.02. The maximum Gasteiger partial charge on any atom is 0.220 e. The summed E-state index contributed by atoms with van der Waals surface area (Å²) in [7, 11) is 0. The molecule has 1 aromatic carbocycles. The number of phenols is 1. The first-order valence-corrected chi connectivity index (χ1v) is 13.8. The Kier molecular flexibility index (Phi) is 11.7. The summed E-state index contributed by atoms with van der Waals surface area (Å²) < 4.78 is 0. The average Bonchev–Trinajstić information content (AvgIpc) is 3.38. The molecular formula is C30H44N2O5. The van der Waals surface area contributed by atoms with Gasteiger partial charge < -0.3 is 30.7 Å². The number of aromatic hydroxyl groups is 1. The molecule has 7 nitrogen and oxygen atoms in total. The first-order valence-electron chi connectivity index (χ1n) is 13.8. The van der Waals surface area contributed by atoms with Crippen LogP contribution in [0.2, 0.25) is 0 Å². The van der Waals surface area contributed by atoms with Crippen molar-refractivity contribution in [2.45, 2.75) is 89.4 Å². The van der Waals surface area contributed by atoms with Crippen LogP contribution in [0.1, 0.15) is 70.3 Å². The molecule has 1 heterocycles. The van der Waals surface area contributed by atoms with Crippen molar-refractivity contribution in [2.24, 2.45) is 11.8 Å². The molecule has 1 amide bonds. The molecule has 0 aliphatic heterocycles. The van der Waals surface area contributed by atoms with Crippen molar-refractivity contribution >= 4 is 16.8 Å². The van der Waals surface area contributed by atoms with Gasteiger partial charge in [-0.1, -0.05) is 50.5 Å². The Balaban J connectivity index is 1.33. The van der Waals surface area contributed by atoms with Crippen molar-refractivity contribution in [1.29, 1.82) is 0 Å². The molecule has 0 spiro atoms. The normalized spacial score (nSPS) is 22.9. The maximum atomic E-state index is 12.2. The number of carbonyl (C=O) groups is 1. The minimum atomic E-state index is -0.592. The van der Waals surface area contributed by atoms with E-state index in [1.54, 1.807) is 18.2 Å². The lowest BCUT2D eigenvalue weighted by molar-refractivity contribution is -0.121. The lowest BCUT2D eigenvalue weighted by atomic mass is 9.89. The van der Waals surface area contributed by atoms with E-state index < -0.39 is 18.3 Å². The van der Waals surface area contributed by atoms with E-state index in [0.717, 1.165) is 55.0 Å². The van der Waals surface area contributed by atoms with Crippen molar-refractivity contribution in [2.75, 3.05) is 6.54 Å². The largest absolute Gasteiger partial charge is 0.508 e. The van der Waals surface area contributed by atoms with Gasteiger partial charge in [-0.3, -0.25) is 4.79 Å². The minimum absolute atomic E-state index is 0.0214. The number of rotatable bonds is 15. The number of nitrogens with one attached hydrogen (secondary N) is 2. The quantitative estimate of drug-likeness (QED) is 0.155. The van der Waals surface area contributed by atoms with Crippen LogP contribution in [0.15, 0.2) is 48.7 Å². The molecule has 37 heavy (non-hydrogen) atoms. The molecule has 1 aliphatic carbocycles. The topological polar surface area (TPSA) is 126 Å². The molecule has 1 unspecified atom stereocenters. The van der Waals surface area contributed by atoms with Crippen molar-refractivity contribution < 1.29 is 25.2 Å². The van der Waals surface area contributed by atoms with E-state index >= 15 is 0 Å². The van der Waals surface area contributed by atoms with E-state index in [2.05, 4.69) is 17.2 Å². The Morgan fingerprint density at radius 1 is 1.19 bits per heavy atom. The molecule has 0 radical (unpaired) electrons. The molecule has 1 aliphatic rings. The van der Waals surface area contributed by atoms with Crippen LogP contribution in [0.3, 0.4) is 0 Å². The summed E-state index contributed by atoms with van der Waals surface area (Å²) in [6.45, 7) is 2.68. The molecular weight excluding hydrogens is 468 g/mol. The van der Waals surface area contributed by atoms with E-state index in [1.807, 2.05) is 30.5 Å². The Bertz CT molecular complexity index is 1030. The van der Waals surface area contributed by atoms with E-state index in [1.165, 1.54) is 0 Å². The third-order valence-corrected chi connectivity index (χ3v) is 7.39. The minimum Gasteiger partial charge on any atom is -0.508 e. The summed E-state index contributed by atoms with van der Waals surface area (Å²) in [4.78, 5) is 15.4. The zero-order valence-corrected chi connectivity index (χ0v) is 22.0. The van der Waals surface area contributed by atoms with E-state index in [-0.39, 0.29) is 23.5 Å². The van der Waals surface area contributed by atoms with Gasteiger partial charge in [0.15, 0.2) is 0 Å². The summed E-state index contributed by atoms with van der Waals surface area (Å²) in [5.41, 5.74) is 2.03. The summed E-state index contributed by atoms with van der Waals surface area (Å²) in [6, 6.07) is 5.22. The number of fused-ring (bicyclic) bond motifs is 1. The summed E-state index contributed by atoms with van der Waals surface area (Å²) >= 11 is 0. The molecule has 204 valence electrons. The molecule has 1 fully saturated rings. The van der Waals surface area contributed by atoms with E-state index in [0.29, 0.717) is 32.2 Å². The fourth-order valence-corrected chi connectivity index (χ4v) is 5.21. The van der Waals surface area contributed by atoms with Crippen molar-refractivity contribution in [3.8, 4) is 5.75 Å². The Hall–Kier alpha value is -2.61. The van der Waals surface area contributed by atoms with Crippen LogP contribution in [0.25, 0.3) is 10.9 Å². The van der Waals surface area contributed by atoms with Crippen LogP contribution in [0.5, 0.6) is 5.75 Å². The van der Waals surface area contributed by atoms with Gasteiger partial charge in [-0.05, 0) is 61.8 Å². The number of allylic oxidation sites excluding steroid dienone is 2. The second-order valence-electron chi connectivity index (χ2n) is 10.3. The number of aromatic nitrogens is 1. The monoisotopic (exact) mass is 512 g/mol. The number of hydrogen-bond donors (Lipinski definition) is 6. The molecule has 6 N–H and O–H groups in total. The van der Waals surface area contributed by atoms with Crippen molar-refractivity contribution in [3.05, 3.63) is 54.3 Å². The molecule has 3 rings (SSSR count). The highest BCUT2D eigenvalue weighted by Crippen LogP contribution is 2.36. The van der Waals surface area contributed by atoms with E-state index in [9.17, 15) is 25.2 Å². The van der Waals surface area contributed by atoms with Gasteiger partial charge >= 0.3 is 0 Å². The van der Waals surface area contributed by atoms with Gasteiger partial charge in [-0.15, -0.1) is 0 Å². The van der Waals surface area contributed by atoms with Crippen LogP contribution in [-0.4, -0.2) is 56.2 Å². The lowest BCUT2D eigenvalue weighted by Gasteiger charge is -2.19. The number of benzene rings is 1. The number of phenolic OH excluding ortho intramolecular Hbond substituents is 1. The van der Waals surface area contributed by atoms with Crippen molar-refractivity contribution in [1.82, 2.24) is 10.3 Å². The van der Waals surface area contributed by atoms with Crippen LogP contribution in [0, 0.1) is 11.8 Å². The highest BCUT2D eigenvalue weighted by atomic mass is 16.3. The second-order valence-corrected chi connectivity index (χ2v) is 10.3. The Morgan fingerprint density at radius 3 is 2.84 bits per heavy atom. The zero-order valence-electron chi connectivity index (χ0n) is 22.0. The SMILES string of the molecule is CCCCCC(O)/C=C/[C@@H]1[C@@H](C/C=C\CCCC(=O)NCCc2c[nH]c3ccc(O)cc23)[C@@H](O)C[C@H]1O. The highest BCUT2D eigenvalue weighted by molar-refractivity contribution is 5.84. The number of hydrogen-bond acceptors (Lipinski definition) is 5. The molecule has 0 saturated heterocycles. The maximum absolute atomic E-state index is 12.2. The molecule has 2 aromatic rings. The number of unbranched alkanes of at least 4 members (excludes halogenated alkanes) is 3. The van der Waals surface area contributed by atoms with Gasteiger partial charge in [0.2, 0.25) is 5.91 Å². The smallest absolute Gasteiger partial charge is 0.220 e. The number of carbonyl (C=O) groups excluding carboxylic acids is 1. The summed E-state index contributed by atoms with van der Waals surface area (Å²) in [5, 5.41) is 44.6. The van der Waals surface area contributed by atoms with Crippen LogP contribution >= 0.6 is 0 Å². The standard InChI is InChI=1S/C30H44N2O5/c1-2-3-6-9-22(33)12-14-25-24(28(35)19-29(25)36)10-7-4-5-8-11-30(37)31-17-16-21-20-32-27-15-13-23(34)18-26(21)27/h4,7,12-15,18,20,22,24-25,28-29,32-36H,2-3,5-6,8-11,16-17,19H2,1H3,(H,31,37)/b7-4-,14-12+/t22?,24-,25-,28+,29-/m1/s1. The lowest BCUT2D eigenvalue weighted by Crippen LogP contribution is -2.25. The predicted molar refractivity (Wildman–Crippen MR) is 147 cm³/mol. The van der Waals surface area contributed by atoms with Gasteiger partial charge in [-0.2, -0.15) is 0 Å². The molecule has 0 bridgehead atoms. The second kappa shape index (κ2) is 15.0. The van der Waals surface area contributed by atoms with Gasteiger partial charge in [0.25, 0.3) is 0 Å². The summed E-state index contributed by atoms with van der Waals surface area (Å²) in [5.74, 6) is 0.0215. The van der Waals surface area contributed by atoms with Gasteiger partial charge in [0, 0.05) is 42.4 Å². The van der Waals surface area contributed by atoms with Crippen molar-refractivity contribution in [3.63, 3.8) is 0 Å². The Morgan fingerprint density at radius 2 is 2.03 bits per heavy atom. The van der Waals surface area contributed by atoms with Gasteiger partial charge in [0.1, 0.15) is 5.75 Å². The number of aliphatic hydroxyl groups is 3. The van der Waals surface area contributed by atoms with Crippen LogP contribution in [-0.2, 0) is 11.2 Å². The fourth-order valence-electron chi connectivity index (χ4n) is 5.21. The first kappa shape index (κ1) is 29.0. The molecule has 1 aromatic heterocycles. The first-order chi connectivity index (χ1) is 17.9. The van der Waals surface area contributed by atoms with Gasteiger partial charge in [-0.25, -0.2) is 0 Å². The average molecular weight is 513 g/mol. The predicted octanol–water partition coefficient (Wildman–Crippen LogP) is 4.50. The number of H-pyrrole nitrogens is 1. The fraction of sp³-hybridized carbons (Fsp3) is 0.567. The third-order valence-electron chi connectivity index (χ3n) is 7.39. The molecule has 5 atom stereocenters. The zero-order chi connectivity index (χ0) is 26.6. The molecule has 1 saturated carbocycles. The number of amides is 1. The van der Waals surface area contributed by atoms with E-state index in [4.69, 9.17) is 0 Å².